The van der Waals surface area contributed by atoms with Crippen molar-refractivity contribution in [3.63, 3.8) is 0 Å². The molecule has 0 aliphatic rings. The Kier molecular flexibility index (Phi) is 6.62. The predicted molar refractivity (Wildman–Crippen MR) is 100 cm³/mol. The van der Waals surface area contributed by atoms with Gasteiger partial charge in [0.2, 0.25) is 0 Å². The fourth-order valence-corrected chi connectivity index (χ4v) is 3.37. The van der Waals surface area contributed by atoms with Crippen molar-refractivity contribution < 1.29 is 52.7 Å². The molecule has 0 saturated heterocycles. The van der Waals surface area contributed by atoms with Crippen molar-refractivity contribution in [2.24, 2.45) is 0 Å². The highest BCUT2D eigenvalue weighted by Crippen LogP contribution is 2.62. The van der Waals surface area contributed by atoms with E-state index in [1.807, 2.05) is 0 Å². The first-order valence-corrected chi connectivity index (χ1v) is 9.49. The van der Waals surface area contributed by atoms with Crippen molar-refractivity contribution in [1.29, 1.82) is 0 Å². The Morgan fingerprint density at radius 2 is 0.941 bits per heavy atom. The molecular weight excluding hydrogens is 492 g/mol. The van der Waals surface area contributed by atoms with Crippen molar-refractivity contribution in [2.45, 2.75) is 63.2 Å². The average Bonchev–Trinajstić information content (AvgIpc) is 2.65. The Labute approximate surface area is 186 Å². The lowest BCUT2D eigenvalue weighted by atomic mass is 9.87. The molecule has 0 bridgehead atoms. The van der Waals surface area contributed by atoms with Crippen LogP contribution in [0.25, 0.3) is 11.1 Å². The van der Waals surface area contributed by atoms with Gasteiger partial charge in [-0.15, -0.1) is 0 Å². The van der Waals surface area contributed by atoms with E-state index in [9.17, 15) is 52.7 Å². The van der Waals surface area contributed by atoms with Crippen LogP contribution in [-0.2, 0) is 5.92 Å². The van der Waals surface area contributed by atoms with E-state index >= 15 is 0 Å². The maximum absolute atomic E-state index is 14.6. The molecule has 34 heavy (non-hydrogen) atoms. The summed E-state index contributed by atoms with van der Waals surface area (Å²) in [6.45, 7) is 3.26. The summed E-state index contributed by atoms with van der Waals surface area (Å²) in [7, 11) is 0. The molecule has 0 spiro atoms. The summed E-state index contributed by atoms with van der Waals surface area (Å²) in [5.41, 5.74) is -0.528. The summed E-state index contributed by atoms with van der Waals surface area (Å²) in [5, 5.41) is 0. The van der Waals surface area contributed by atoms with Gasteiger partial charge in [0.05, 0.1) is 0 Å². The minimum Gasteiger partial charge on any atom is -0.200 e. The molecule has 0 saturated carbocycles. The molecule has 0 atom stereocenters. The molecule has 190 valence electrons. The second-order valence-corrected chi connectivity index (χ2v) is 8.17. The molecule has 2 aromatic rings. The van der Waals surface area contributed by atoms with E-state index in [1.54, 1.807) is 32.0 Å². The van der Waals surface area contributed by atoms with Gasteiger partial charge in [-0.25, -0.2) is 0 Å². The molecule has 0 fully saturated rings. The van der Waals surface area contributed by atoms with Crippen molar-refractivity contribution in [3.05, 3.63) is 58.7 Å². The Balaban J connectivity index is 2.61. The molecule has 0 nitrogen and oxygen atoms in total. The first-order valence-electron chi connectivity index (χ1n) is 9.49. The van der Waals surface area contributed by atoms with Crippen LogP contribution in [0.2, 0.25) is 0 Å². The quantitative estimate of drug-likeness (QED) is 0.328. The van der Waals surface area contributed by atoms with Gasteiger partial charge < -0.3 is 0 Å². The highest BCUT2D eigenvalue weighted by molar-refractivity contribution is 5.66. The van der Waals surface area contributed by atoms with Crippen molar-refractivity contribution >= 4 is 0 Å². The van der Waals surface area contributed by atoms with Gasteiger partial charge in [-0.1, -0.05) is 47.5 Å². The van der Waals surface area contributed by atoms with Crippen molar-refractivity contribution in [3.8, 4) is 11.1 Å². The van der Waals surface area contributed by atoms with Crippen LogP contribution in [0.15, 0.2) is 36.4 Å². The lowest BCUT2D eigenvalue weighted by Crippen LogP contribution is -2.69. The van der Waals surface area contributed by atoms with E-state index in [0.717, 1.165) is 30.2 Å². The summed E-state index contributed by atoms with van der Waals surface area (Å²) < 4.78 is 165. The molecule has 0 unspecified atom stereocenters. The average molecular weight is 510 g/mol. The molecule has 0 amide bonds. The van der Waals surface area contributed by atoms with Gasteiger partial charge in [0.15, 0.2) is 0 Å². The third-order valence-electron chi connectivity index (χ3n) is 5.25. The number of benzene rings is 2. The molecule has 2 rings (SSSR count). The van der Waals surface area contributed by atoms with Gasteiger partial charge in [-0.05, 0) is 37.5 Å². The van der Waals surface area contributed by atoms with Gasteiger partial charge in [-0.2, -0.15) is 52.7 Å². The van der Waals surface area contributed by atoms with E-state index < -0.39 is 53.6 Å². The van der Waals surface area contributed by atoms with Crippen LogP contribution in [0, 0.1) is 20.8 Å². The Morgan fingerprint density at radius 3 is 1.35 bits per heavy atom. The standard InChI is InChI=1S/C22H18F12/c1-11-7-12(2)9-15(8-11)14-5-6-16(13(3)10-14)18(25,26)20(29,30)22(33,34)21(31,32)19(27,28)17(4,23)24/h5-10H,1-4H3. The van der Waals surface area contributed by atoms with E-state index in [0.29, 0.717) is 5.56 Å². The number of hydrogen-bond acceptors (Lipinski definition) is 0. The second kappa shape index (κ2) is 8.08. The Hall–Kier alpha value is -2.40. The smallest absolute Gasteiger partial charge is 0.200 e. The Morgan fingerprint density at radius 1 is 0.500 bits per heavy atom. The zero-order valence-electron chi connectivity index (χ0n) is 18.0. The normalized spacial score (nSPS) is 14.5. The minimum absolute atomic E-state index is 0.182. The molecule has 0 aliphatic heterocycles. The van der Waals surface area contributed by atoms with Gasteiger partial charge in [-0.3, -0.25) is 0 Å². The molecule has 0 radical (unpaired) electrons. The summed E-state index contributed by atoms with van der Waals surface area (Å²) >= 11 is 0. The maximum atomic E-state index is 14.6. The monoisotopic (exact) mass is 510 g/mol. The lowest BCUT2D eigenvalue weighted by Gasteiger charge is -2.41. The number of halogens is 12. The molecule has 0 heterocycles. The molecular formula is C22H18F12. The van der Waals surface area contributed by atoms with Crippen molar-refractivity contribution in [2.75, 3.05) is 0 Å². The molecule has 0 N–H and O–H groups in total. The van der Waals surface area contributed by atoms with Crippen molar-refractivity contribution in [1.82, 2.24) is 0 Å². The first-order chi connectivity index (χ1) is 15.0. The largest absolute Gasteiger partial charge is 0.385 e. The van der Waals surface area contributed by atoms with Gasteiger partial charge in [0.25, 0.3) is 0 Å². The molecule has 12 heteroatoms. The van der Waals surface area contributed by atoms with Gasteiger partial charge >= 0.3 is 35.5 Å². The van der Waals surface area contributed by atoms with Crippen LogP contribution in [0.4, 0.5) is 52.7 Å². The summed E-state index contributed by atoms with van der Waals surface area (Å²) in [4.78, 5) is 0. The zero-order valence-corrected chi connectivity index (χ0v) is 18.0. The SMILES string of the molecule is Cc1cc(C)cc(-c2ccc(C(F)(F)C(F)(F)C(F)(F)C(F)(F)C(F)(F)C(C)(F)F)c(C)c2)c1. The second-order valence-electron chi connectivity index (χ2n) is 8.17. The number of hydrogen-bond donors (Lipinski definition) is 0. The fourth-order valence-electron chi connectivity index (χ4n) is 3.37. The van der Waals surface area contributed by atoms with E-state index in [4.69, 9.17) is 0 Å². The predicted octanol–water partition coefficient (Wildman–Crippen LogP) is 8.57. The third kappa shape index (κ3) is 4.02. The van der Waals surface area contributed by atoms with Crippen LogP contribution in [0.5, 0.6) is 0 Å². The highest BCUT2D eigenvalue weighted by atomic mass is 19.4. The lowest BCUT2D eigenvalue weighted by molar-refractivity contribution is -0.425. The molecule has 0 aliphatic carbocycles. The van der Waals surface area contributed by atoms with E-state index in [-0.39, 0.29) is 11.6 Å². The van der Waals surface area contributed by atoms with Gasteiger partial charge in [0, 0.05) is 12.5 Å². The molecule has 0 aromatic heterocycles. The van der Waals surface area contributed by atoms with Crippen LogP contribution >= 0.6 is 0 Å². The zero-order chi connectivity index (χ0) is 26.7. The topological polar surface area (TPSA) is 0 Å². The maximum Gasteiger partial charge on any atom is 0.385 e. The number of rotatable bonds is 7. The van der Waals surface area contributed by atoms with Crippen LogP contribution in [0.1, 0.15) is 29.2 Å². The number of aryl methyl sites for hydroxylation is 3. The first kappa shape index (κ1) is 27.8. The minimum atomic E-state index is -7.58. The molecule has 2 aromatic carbocycles. The van der Waals surface area contributed by atoms with Crippen LogP contribution in [0.3, 0.4) is 0 Å². The van der Waals surface area contributed by atoms with Crippen LogP contribution in [-0.4, -0.2) is 29.6 Å². The van der Waals surface area contributed by atoms with Crippen LogP contribution < -0.4 is 0 Å². The fraction of sp³-hybridized carbons (Fsp3) is 0.455. The third-order valence-corrected chi connectivity index (χ3v) is 5.25. The number of alkyl halides is 12. The van der Waals surface area contributed by atoms with E-state index in [2.05, 4.69) is 0 Å². The summed E-state index contributed by atoms with van der Waals surface area (Å²) in [5.74, 6) is -41.5. The van der Waals surface area contributed by atoms with E-state index in [1.165, 1.54) is 0 Å². The van der Waals surface area contributed by atoms with Gasteiger partial charge in [0.1, 0.15) is 0 Å². The summed E-state index contributed by atoms with van der Waals surface area (Å²) in [6.07, 6.45) is 0. The summed E-state index contributed by atoms with van der Waals surface area (Å²) in [6, 6.07) is 6.92. The Bertz CT molecular complexity index is 1040. The highest BCUT2D eigenvalue weighted by Gasteiger charge is 2.89.